The van der Waals surface area contributed by atoms with Gasteiger partial charge in [0, 0.05) is 17.2 Å². The lowest BCUT2D eigenvalue weighted by Crippen LogP contribution is -2.26. The van der Waals surface area contributed by atoms with Crippen LogP contribution >= 0.6 is 0 Å². The minimum absolute atomic E-state index is 0.194. The van der Waals surface area contributed by atoms with Gasteiger partial charge in [-0.05, 0) is 56.2 Å². The molecule has 0 atom stereocenters. The quantitative estimate of drug-likeness (QED) is 0.311. The lowest BCUT2D eigenvalue weighted by molar-refractivity contribution is -0.116. The summed E-state index contributed by atoms with van der Waals surface area (Å²) >= 11 is 0. The number of carbonyl (C=O) groups is 1. The first kappa shape index (κ1) is 23.8. The highest BCUT2D eigenvalue weighted by atomic mass is 16.5. The van der Waals surface area contributed by atoms with Gasteiger partial charge in [0.05, 0.1) is 28.9 Å². The Morgan fingerprint density at radius 2 is 1.57 bits per heavy atom. The summed E-state index contributed by atoms with van der Waals surface area (Å²) in [6.45, 7) is 6.03. The van der Waals surface area contributed by atoms with Gasteiger partial charge in [-0.3, -0.25) is 4.79 Å². The van der Waals surface area contributed by atoms with Gasteiger partial charge >= 0.3 is 0 Å². The number of benzene rings is 3. The molecule has 3 aromatic heterocycles. The number of aryl methyl sites for hydroxylation is 3. The van der Waals surface area contributed by atoms with Crippen molar-refractivity contribution in [2.75, 3.05) is 5.32 Å². The second kappa shape index (κ2) is 9.16. The molecule has 40 heavy (non-hydrogen) atoms. The summed E-state index contributed by atoms with van der Waals surface area (Å²) < 4.78 is 9.51. The molecule has 4 heterocycles. The van der Waals surface area contributed by atoms with Crippen LogP contribution in [-0.2, 0) is 4.79 Å². The van der Waals surface area contributed by atoms with Crippen LogP contribution in [0.4, 0.5) is 5.82 Å². The fourth-order valence-corrected chi connectivity index (χ4v) is 5.19. The van der Waals surface area contributed by atoms with Gasteiger partial charge < -0.3 is 10.1 Å². The lowest BCUT2D eigenvalue weighted by atomic mass is 9.87. The Morgan fingerprint density at radius 3 is 2.30 bits per heavy atom. The van der Waals surface area contributed by atoms with Crippen molar-refractivity contribution in [2.24, 2.45) is 0 Å². The molecule has 0 fully saturated rings. The van der Waals surface area contributed by atoms with E-state index in [4.69, 9.17) is 4.74 Å². The number of hydrogen-bond acceptors (Lipinski definition) is 6. The third kappa shape index (κ3) is 3.82. The van der Waals surface area contributed by atoms with Crippen molar-refractivity contribution in [3.8, 4) is 23.0 Å². The molecule has 0 saturated heterocycles. The molecular formula is C31H25N7O2. The first-order valence-electron chi connectivity index (χ1n) is 13.0. The van der Waals surface area contributed by atoms with Crippen LogP contribution in [0.15, 0.2) is 85.3 Å². The van der Waals surface area contributed by atoms with Gasteiger partial charge in [-0.1, -0.05) is 42.5 Å². The number of hydrogen-bond donors (Lipinski definition) is 1. The second-order valence-corrected chi connectivity index (χ2v) is 9.94. The van der Waals surface area contributed by atoms with E-state index in [2.05, 4.69) is 51.5 Å². The maximum Gasteiger partial charge on any atom is 0.237 e. The van der Waals surface area contributed by atoms with E-state index in [1.165, 1.54) is 17.5 Å². The van der Waals surface area contributed by atoms with Gasteiger partial charge in [0.25, 0.3) is 0 Å². The van der Waals surface area contributed by atoms with E-state index in [0.29, 0.717) is 34.2 Å². The van der Waals surface area contributed by atoms with Crippen molar-refractivity contribution in [1.29, 1.82) is 0 Å². The highest BCUT2D eigenvalue weighted by Crippen LogP contribution is 2.44. The lowest BCUT2D eigenvalue weighted by Gasteiger charge is -2.27. The minimum atomic E-state index is -0.553. The fourth-order valence-electron chi connectivity index (χ4n) is 5.19. The predicted molar refractivity (Wildman–Crippen MR) is 151 cm³/mol. The summed E-state index contributed by atoms with van der Waals surface area (Å²) in [5.74, 6) is 1.62. The maximum absolute atomic E-state index is 13.9. The molecule has 9 heteroatoms. The average Bonchev–Trinajstić information content (AvgIpc) is 3.56. The van der Waals surface area contributed by atoms with Crippen molar-refractivity contribution < 1.29 is 9.53 Å². The van der Waals surface area contributed by atoms with Gasteiger partial charge in [0.15, 0.2) is 11.5 Å². The maximum atomic E-state index is 13.9. The Morgan fingerprint density at radius 1 is 0.850 bits per heavy atom. The number of fused-ring (bicyclic) bond motifs is 3. The molecule has 6 aromatic rings. The standard InChI is InChI=1S/C31H25N7O2/c1-18-12-13-21(14-19(18)2)37-29-24(16-34-37)30(33-17-32-29)38-27(15-20(3)36-38)35-31(39)28-22-8-4-6-10-25(22)40-26-11-7-5-9-23(26)28/h4-17,28H,1-3H3,(H,35,39). The number of ether oxygens (including phenoxy) is 1. The summed E-state index contributed by atoms with van der Waals surface area (Å²) in [4.78, 5) is 23.0. The fraction of sp³-hybridized carbons (Fsp3) is 0.129. The topological polar surface area (TPSA) is 99.7 Å². The summed E-state index contributed by atoms with van der Waals surface area (Å²) in [5, 5.41) is 13.1. The summed E-state index contributed by atoms with van der Waals surface area (Å²) in [6.07, 6.45) is 3.22. The van der Waals surface area contributed by atoms with Crippen LogP contribution in [0.2, 0.25) is 0 Å². The number of carbonyl (C=O) groups excluding carboxylic acids is 1. The van der Waals surface area contributed by atoms with Gasteiger partial charge in [-0.15, -0.1) is 0 Å². The van der Waals surface area contributed by atoms with E-state index in [0.717, 1.165) is 22.5 Å². The Labute approximate surface area is 230 Å². The Balaban J connectivity index is 1.29. The second-order valence-electron chi connectivity index (χ2n) is 9.94. The Bertz CT molecular complexity index is 1890. The predicted octanol–water partition coefficient (Wildman–Crippen LogP) is 5.80. The highest BCUT2D eigenvalue weighted by Gasteiger charge is 2.33. The number of nitrogens with one attached hydrogen (secondary N) is 1. The van der Waals surface area contributed by atoms with Crippen LogP contribution in [-0.4, -0.2) is 35.4 Å². The van der Waals surface area contributed by atoms with Crippen LogP contribution in [0.5, 0.6) is 11.5 Å². The van der Waals surface area contributed by atoms with E-state index < -0.39 is 5.92 Å². The Hall–Kier alpha value is -5.31. The molecule has 0 radical (unpaired) electrons. The molecule has 9 nitrogen and oxygen atoms in total. The number of para-hydroxylation sites is 2. The van der Waals surface area contributed by atoms with E-state index in [1.54, 1.807) is 15.6 Å². The van der Waals surface area contributed by atoms with E-state index in [1.807, 2.05) is 67.6 Å². The van der Waals surface area contributed by atoms with Crippen molar-refractivity contribution in [3.63, 3.8) is 0 Å². The molecule has 0 unspecified atom stereocenters. The third-order valence-electron chi connectivity index (χ3n) is 7.31. The molecule has 1 aliphatic heterocycles. The summed E-state index contributed by atoms with van der Waals surface area (Å²) in [5.41, 5.74) is 6.27. The average molecular weight is 528 g/mol. The molecule has 7 rings (SSSR count). The number of aromatic nitrogens is 6. The molecule has 1 N–H and O–H groups in total. The molecule has 0 spiro atoms. The van der Waals surface area contributed by atoms with Crippen molar-refractivity contribution in [2.45, 2.75) is 26.7 Å². The van der Waals surface area contributed by atoms with Crippen LogP contribution < -0.4 is 10.1 Å². The van der Waals surface area contributed by atoms with Crippen LogP contribution in [0.25, 0.3) is 22.5 Å². The van der Waals surface area contributed by atoms with Gasteiger partial charge in [0.2, 0.25) is 5.91 Å². The normalized spacial score (nSPS) is 12.6. The number of rotatable bonds is 4. The number of anilines is 1. The summed E-state index contributed by atoms with van der Waals surface area (Å²) in [6, 6.07) is 23.2. The molecule has 196 valence electrons. The molecule has 0 aliphatic carbocycles. The SMILES string of the molecule is Cc1cc(NC(=O)C2c3ccccc3Oc3ccccc32)n(-c2ncnc3c2cnn3-c2ccc(C)c(C)c2)n1. The van der Waals surface area contributed by atoms with Crippen molar-refractivity contribution >= 4 is 22.8 Å². The van der Waals surface area contributed by atoms with Crippen molar-refractivity contribution in [3.05, 3.63) is 113 Å². The third-order valence-corrected chi connectivity index (χ3v) is 7.31. The molecule has 0 saturated carbocycles. The van der Waals surface area contributed by atoms with Gasteiger partial charge in [0.1, 0.15) is 23.6 Å². The number of amides is 1. The van der Waals surface area contributed by atoms with E-state index >= 15 is 0 Å². The smallest absolute Gasteiger partial charge is 0.237 e. The van der Waals surface area contributed by atoms with Crippen LogP contribution in [0.3, 0.4) is 0 Å². The first-order chi connectivity index (χ1) is 19.5. The molecule has 1 aliphatic rings. The zero-order valence-corrected chi connectivity index (χ0v) is 22.2. The molecule has 0 bridgehead atoms. The number of nitrogens with zero attached hydrogens (tertiary/aromatic N) is 6. The van der Waals surface area contributed by atoms with Crippen LogP contribution in [0, 0.1) is 20.8 Å². The minimum Gasteiger partial charge on any atom is -0.457 e. The summed E-state index contributed by atoms with van der Waals surface area (Å²) in [7, 11) is 0. The largest absolute Gasteiger partial charge is 0.457 e. The van der Waals surface area contributed by atoms with Crippen molar-refractivity contribution in [1.82, 2.24) is 29.5 Å². The van der Waals surface area contributed by atoms with Crippen LogP contribution in [0.1, 0.15) is 33.9 Å². The van der Waals surface area contributed by atoms with E-state index in [-0.39, 0.29) is 5.91 Å². The zero-order chi connectivity index (χ0) is 27.4. The van der Waals surface area contributed by atoms with Gasteiger partial charge in [-0.25, -0.2) is 14.6 Å². The zero-order valence-electron chi connectivity index (χ0n) is 22.2. The first-order valence-corrected chi connectivity index (χ1v) is 13.0. The Kier molecular flexibility index (Phi) is 5.45. The molecule has 1 amide bonds. The molecular weight excluding hydrogens is 502 g/mol. The van der Waals surface area contributed by atoms with Gasteiger partial charge in [-0.2, -0.15) is 14.9 Å². The molecule has 3 aromatic carbocycles. The monoisotopic (exact) mass is 527 g/mol. The van der Waals surface area contributed by atoms with E-state index in [9.17, 15) is 4.79 Å². The highest BCUT2D eigenvalue weighted by molar-refractivity contribution is 5.99.